The van der Waals surface area contributed by atoms with Crippen LogP contribution in [0.1, 0.15) is 23.2 Å². The molecule has 1 heterocycles. The molecule has 2 aromatic rings. The lowest BCUT2D eigenvalue weighted by molar-refractivity contribution is 0.0857. The van der Waals surface area contributed by atoms with Crippen LogP contribution in [-0.2, 0) is 0 Å². The molecule has 1 fully saturated rings. The Morgan fingerprint density at radius 1 is 1.15 bits per heavy atom. The van der Waals surface area contributed by atoms with Crippen LogP contribution in [0.2, 0.25) is 5.02 Å². The number of piperidine rings is 1. The molecule has 0 aromatic heterocycles. The van der Waals surface area contributed by atoms with E-state index in [1.807, 2.05) is 36.4 Å². The van der Waals surface area contributed by atoms with E-state index < -0.39 is 0 Å². The maximum absolute atomic E-state index is 12.9. The van der Waals surface area contributed by atoms with E-state index in [0.29, 0.717) is 10.6 Å². The molecule has 0 aliphatic carbocycles. The third-order valence-electron chi connectivity index (χ3n) is 4.77. The molecule has 6 heteroatoms. The Balaban J connectivity index is 1.89. The first-order valence-corrected chi connectivity index (χ1v) is 9.42. The van der Waals surface area contributed by atoms with Gasteiger partial charge < -0.3 is 10.6 Å². The predicted octanol–water partition coefficient (Wildman–Crippen LogP) is 4.25. The van der Waals surface area contributed by atoms with Gasteiger partial charge in [0.1, 0.15) is 0 Å². The third kappa shape index (κ3) is 4.23. The summed E-state index contributed by atoms with van der Waals surface area (Å²) in [6.07, 6.45) is 1.79. The summed E-state index contributed by atoms with van der Waals surface area (Å²) in [5.74, 6) is 0.264. The normalized spacial score (nSPS) is 15.6. The van der Waals surface area contributed by atoms with E-state index in [1.54, 1.807) is 17.0 Å². The minimum Gasteiger partial charge on any atom is -0.376 e. The number of thiocarbonyl (C=S) groups is 1. The van der Waals surface area contributed by atoms with Gasteiger partial charge in [-0.25, -0.2) is 0 Å². The van der Waals surface area contributed by atoms with Crippen molar-refractivity contribution < 1.29 is 4.79 Å². The number of rotatable bonds is 4. The molecule has 136 valence electrons. The number of benzene rings is 2. The van der Waals surface area contributed by atoms with Crippen LogP contribution < -0.4 is 10.6 Å². The zero-order chi connectivity index (χ0) is 18.7. The Labute approximate surface area is 164 Å². The number of carbonyl (C=O) groups excluding carboxylic acids is 1. The SMILES string of the molecule is CN1CCC(C(=O)c2cccc(N(C(N)=S)c3cccc(Cl)c3)c2)CC1. The van der Waals surface area contributed by atoms with Gasteiger partial charge in [-0.3, -0.25) is 9.69 Å². The van der Waals surface area contributed by atoms with E-state index in [4.69, 9.17) is 29.6 Å². The molecule has 26 heavy (non-hydrogen) atoms. The number of Topliss-reactive ketones (excluding diaryl/α,β-unsaturated/α-hetero) is 1. The van der Waals surface area contributed by atoms with Gasteiger partial charge >= 0.3 is 0 Å². The van der Waals surface area contributed by atoms with Crippen molar-refractivity contribution in [3.8, 4) is 0 Å². The third-order valence-corrected chi connectivity index (χ3v) is 5.18. The van der Waals surface area contributed by atoms with Crippen molar-refractivity contribution in [3.63, 3.8) is 0 Å². The Bertz CT molecular complexity index is 818. The Morgan fingerprint density at radius 2 is 1.77 bits per heavy atom. The van der Waals surface area contributed by atoms with Crippen LogP contribution in [0.4, 0.5) is 11.4 Å². The zero-order valence-corrected chi connectivity index (χ0v) is 16.3. The second kappa shape index (κ2) is 8.16. The number of nitrogens with two attached hydrogens (primary N) is 1. The average molecular weight is 388 g/mol. The molecule has 2 N–H and O–H groups in total. The van der Waals surface area contributed by atoms with E-state index in [2.05, 4.69) is 11.9 Å². The van der Waals surface area contributed by atoms with Crippen molar-refractivity contribution in [2.45, 2.75) is 12.8 Å². The molecule has 1 aliphatic rings. The van der Waals surface area contributed by atoms with E-state index >= 15 is 0 Å². The quantitative estimate of drug-likeness (QED) is 0.627. The standard InChI is InChI=1S/C20H22ClN3OS/c1-23-10-8-14(9-11-23)19(25)15-4-2-6-17(12-15)24(20(22)26)18-7-3-5-16(21)13-18/h2-7,12-14H,8-11H2,1H3,(H2,22,26). The first-order valence-electron chi connectivity index (χ1n) is 8.63. The molecule has 0 amide bonds. The van der Waals surface area contributed by atoms with Crippen LogP contribution in [0.25, 0.3) is 0 Å². The second-order valence-electron chi connectivity index (χ2n) is 6.65. The molecule has 3 rings (SSSR count). The maximum atomic E-state index is 12.9. The first-order chi connectivity index (χ1) is 12.5. The molecule has 2 aromatic carbocycles. The Hall–Kier alpha value is -1.95. The molecule has 0 bridgehead atoms. The molecule has 4 nitrogen and oxygen atoms in total. The van der Waals surface area contributed by atoms with E-state index in [-0.39, 0.29) is 16.8 Å². The van der Waals surface area contributed by atoms with Crippen molar-refractivity contribution >= 4 is 46.1 Å². The van der Waals surface area contributed by atoms with Gasteiger partial charge in [-0.15, -0.1) is 0 Å². The van der Waals surface area contributed by atoms with Crippen LogP contribution in [0.15, 0.2) is 48.5 Å². The van der Waals surface area contributed by atoms with Gasteiger partial charge in [0.25, 0.3) is 0 Å². The zero-order valence-electron chi connectivity index (χ0n) is 14.7. The highest BCUT2D eigenvalue weighted by atomic mass is 35.5. The van der Waals surface area contributed by atoms with Crippen LogP contribution in [0.5, 0.6) is 0 Å². The summed E-state index contributed by atoms with van der Waals surface area (Å²) in [6.45, 7) is 1.91. The van der Waals surface area contributed by atoms with Crippen molar-refractivity contribution in [2.75, 3.05) is 25.0 Å². The van der Waals surface area contributed by atoms with Gasteiger partial charge in [0.05, 0.1) is 0 Å². The number of hydrogen-bond donors (Lipinski definition) is 1. The van der Waals surface area contributed by atoms with Gasteiger partial charge in [0, 0.05) is 27.9 Å². The molecule has 0 spiro atoms. The van der Waals surface area contributed by atoms with Crippen molar-refractivity contribution in [3.05, 3.63) is 59.1 Å². The summed E-state index contributed by atoms with van der Waals surface area (Å²) in [5.41, 5.74) is 8.19. The van der Waals surface area contributed by atoms with Crippen LogP contribution in [-0.4, -0.2) is 35.9 Å². The van der Waals surface area contributed by atoms with Crippen LogP contribution in [0.3, 0.4) is 0 Å². The van der Waals surface area contributed by atoms with Crippen molar-refractivity contribution in [1.82, 2.24) is 4.90 Å². The fourth-order valence-electron chi connectivity index (χ4n) is 3.32. The summed E-state index contributed by atoms with van der Waals surface area (Å²) in [4.78, 5) is 16.9. The number of nitrogens with zero attached hydrogens (tertiary/aromatic N) is 2. The van der Waals surface area contributed by atoms with E-state index in [0.717, 1.165) is 37.3 Å². The highest BCUT2D eigenvalue weighted by Crippen LogP contribution is 2.29. The molecule has 0 unspecified atom stereocenters. The van der Waals surface area contributed by atoms with Gasteiger partial charge in [-0.05, 0) is 75.5 Å². The number of anilines is 2. The lowest BCUT2D eigenvalue weighted by atomic mass is 9.89. The van der Waals surface area contributed by atoms with Crippen molar-refractivity contribution in [2.24, 2.45) is 11.7 Å². The second-order valence-corrected chi connectivity index (χ2v) is 7.50. The largest absolute Gasteiger partial charge is 0.376 e. The van der Waals surface area contributed by atoms with Crippen LogP contribution in [0, 0.1) is 5.92 Å². The van der Waals surface area contributed by atoms with Gasteiger partial charge in [0.15, 0.2) is 10.9 Å². The van der Waals surface area contributed by atoms with E-state index in [1.165, 1.54) is 0 Å². The smallest absolute Gasteiger partial charge is 0.175 e. The molecule has 1 aliphatic heterocycles. The highest BCUT2D eigenvalue weighted by molar-refractivity contribution is 7.80. The van der Waals surface area contributed by atoms with Crippen LogP contribution >= 0.6 is 23.8 Å². The van der Waals surface area contributed by atoms with Gasteiger partial charge in [0.2, 0.25) is 0 Å². The molecule has 0 atom stereocenters. The summed E-state index contributed by atoms with van der Waals surface area (Å²) in [7, 11) is 2.09. The summed E-state index contributed by atoms with van der Waals surface area (Å²) < 4.78 is 0. The fourth-order valence-corrected chi connectivity index (χ4v) is 3.72. The maximum Gasteiger partial charge on any atom is 0.175 e. The minimum atomic E-state index is 0.0749. The topological polar surface area (TPSA) is 49.6 Å². The average Bonchev–Trinajstić information content (AvgIpc) is 2.62. The molecular weight excluding hydrogens is 366 g/mol. The Kier molecular flexibility index (Phi) is 5.91. The van der Waals surface area contributed by atoms with Gasteiger partial charge in [-0.1, -0.05) is 29.8 Å². The fraction of sp³-hybridized carbons (Fsp3) is 0.300. The lowest BCUT2D eigenvalue weighted by Gasteiger charge is -2.28. The first kappa shape index (κ1) is 18.8. The van der Waals surface area contributed by atoms with Crippen molar-refractivity contribution in [1.29, 1.82) is 0 Å². The summed E-state index contributed by atoms with van der Waals surface area (Å²) in [5, 5.41) is 0.804. The molecule has 1 saturated heterocycles. The highest BCUT2D eigenvalue weighted by Gasteiger charge is 2.25. The molecule has 0 saturated carbocycles. The predicted molar refractivity (Wildman–Crippen MR) is 111 cm³/mol. The summed E-state index contributed by atoms with van der Waals surface area (Å²) in [6, 6.07) is 14.8. The molecular formula is C20H22ClN3OS. The number of carbonyl (C=O) groups is 1. The number of hydrogen-bond acceptors (Lipinski definition) is 3. The monoisotopic (exact) mass is 387 g/mol. The van der Waals surface area contributed by atoms with E-state index in [9.17, 15) is 4.79 Å². The lowest BCUT2D eigenvalue weighted by Crippen LogP contribution is -2.34. The number of likely N-dealkylation sites (tertiary alicyclic amines) is 1. The Morgan fingerprint density at radius 3 is 2.38 bits per heavy atom. The number of halogens is 1. The summed E-state index contributed by atoms with van der Waals surface area (Å²) >= 11 is 11.3. The minimum absolute atomic E-state index is 0.0749. The molecule has 0 radical (unpaired) electrons. The van der Waals surface area contributed by atoms with Gasteiger partial charge in [-0.2, -0.15) is 0 Å². The number of ketones is 1.